The Labute approximate surface area is 123 Å². The third-order valence-electron chi connectivity index (χ3n) is 3.09. The molecule has 106 valence electrons. The maximum Gasteiger partial charge on any atom is 0.311 e. The zero-order valence-electron chi connectivity index (χ0n) is 11.6. The largest absolute Gasteiger partial charge is 0.466 e. The number of carbonyl (C=O) groups excluding carboxylic acids is 1. The van der Waals surface area contributed by atoms with Gasteiger partial charge in [0.25, 0.3) is 0 Å². The van der Waals surface area contributed by atoms with Gasteiger partial charge in [-0.2, -0.15) is 0 Å². The Balaban J connectivity index is 2.94. The number of aliphatic hydroxyl groups is 1. The Morgan fingerprint density at radius 3 is 2.63 bits per heavy atom. The lowest BCUT2D eigenvalue weighted by molar-refractivity contribution is -0.152. The van der Waals surface area contributed by atoms with E-state index in [4.69, 9.17) is 4.74 Å². The molecule has 19 heavy (non-hydrogen) atoms. The van der Waals surface area contributed by atoms with Crippen molar-refractivity contribution >= 4 is 21.9 Å². The number of hydrogen-bond donors (Lipinski definition) is 1. The Bertz CT molecular complexity index is 431. The first-order valence-electron chi connectivity index (χ1n) is 6.62. The van der Waals surface area contributed by atoms with Crippen molar-refractivity contribution in [2.24, 2.45) is 5.92 Å². The number of ether oxygens (including phenoxy) is 1. The van der Waals surface area contributed by atoms with Gasteiger partial charge in [0, 0.05) is 4.47 Å². The van der Waals surface area contributed by atoms with Crippen LogP contribution in [0.1, 0.15) is 43.9 Å². The van der Waals surface area contributed by atoms with Crippen LogP contribution in [0.2, 0.25) is 0 Å². The second-order valence-electron chi connectivity index (χ2n) is 4.60. The van der Waals surface area contributed by atoms with Crippen LogP contribution in [-0.4, -0.2) is 17.7 Å². The van der Waals surface area contributed by atoms with Crippen molar-refractivity contribution in [2.75, 3.05) is 6.61 Å². The number of aliphatic hydroxyl groups excluding tert-OH is 1. The van der Waals surface area contributed by atoms with Crippen LogP contribution in [0.3, 0.4) is 0 Å². The number of halogens is 1. The molecule has 3 nitrogen and oxygen atoms in total. The standard InChI is InChI=1S/C15H21BrO3/c1-4-6-12(15(18)19-5-2)14(17)11-7-8-13(16)10(3)9-11/h7-9,12,14,17H,4-6H2,1-3H3. The molecule has 1 N–H and O–H groups in total. The summed E-state index contributed by atoms with van der Waals surface area (Å²) in [5.74, 6) is -0.817. The minimum absolute atomic E-state index is 0.322. The molecule has 0 aliphatic heterocycles. The molecule has 0 aliphatic rings. The molecule has 0 spiro atoms. The van der Waals surface area contributed by atoms with Crippen LogP contribution < -0.4 is 0 Å². The van der Waals surface area contributed by atoms with Gasteiger partial charge in [0.15, 0.2) is 0 Å². The second kappa shape index (κ2) is 7.65. The maximum absolute atomic E-state index is 11.9. The van der Waals surface area contributed by atoms with E-state index in [-0.39, 0.29) is 5.97 Å². The van der Waals surface area contributed by atoms with Gasteiger partial charge in [-0.05, 0) is 37.5 Å². The summed E-state index contributed by atoms with van der Waals surface area (Å²) in [4.78, 5) is 11.9. The first-order valence-corrected chi connectivity index (χ1v) is 7.41. The molecular formula is C15H21BrO3. The second-order valence-corrected chi connectivity index (χ2v) is 5.46. The summed E-state index contributed by atoms with van der Waals surface area (Å²) in [6.45, 7) is 6.06. The molecule has 0 radical (unpaired) electrons. The van der Waals surface area contributed by atoms with Gasteiger partial charge in [-0.3, -0.25) is 4.79 Å². The van der Waals surface area contributed by atoms with Crippen molar-refractivity contribution < 1.29 is 14.6 Å². The van der Waals surface area contributed by atoms with E-state index in [0.717, 1.165) is 22.0 Å². The number of hydrogen-bond acceptors (Lipinski definition) is 3. The summed E-state index contributed by atoms with van der Waals surface area (Å²) in [5, 5.41) is 10.4. The van der Waals surface area contributed by atoms with E-state index in [1.54, 1.807) is 6.92 Å². The van der Waals surface area contributed by atoms with Crippen LogP contribution in [0.15, 0.2) is 22.7 Å². The first-order chi connectivity index (χ1) is 9.01. The zero-order valence-corrected chi connectivity index (χ0v) is 13.2. The molecular weight excluding hydrogens is 308 g/mol. The number of esters is 1. The zero-order chi connectivity index (χ0) is 14.4. The van der Waals surface area contributed by atoms with E-state index in [1.807, 2.05) is 32.0 Å². The molecule has 2 atom stereocenters. The summed E-state index contributed by atoms with van der Waals surface area (Å²) in [5.41, 5.74) is 1.79. The fourth-order valence-corrected chi connectivity index (χ4v) is 2.30. The molecule has 0 fully saturated rings. The fourth-order valence-electron chi connectivity index (χ4n) is 2.05. The monoisotopic (exact) mass is 328 g/mol. The SMILES string of the molecule is CCCC(C(=O)OCC)C(O)c1ccc(Br)c(C)c1. The lowest BCUT2D eigenvalue weighted by Crippen LogP contribution is -2.24. The third kappa shape index (κ3) is 4.32. The van der Waals surface area contributed by atoms with Gasteiger partial charge in [0.05, 0.1) is 18.6 Å². The van der Waals surface area contributed by atoms with Crippen molar-refractivity contribution in [1.29, 1.82) is 0 Å². The highest BCUT2D eigenvalue weighted by Crippen LogP contribution is 2.29. The normalized spacial score (nSPS) is 13.9. The highest BCUT2D eigenvalue weighted by atomic mass is 79.9. The van der Waals surface area contributed by atoms with E-state index in [2.05, 4.69) is 15.9 Å². The van der Waals surface area contributed by atoms with Gasteiger partial charge in [-0.15, -0.1) is 0 Å². The summed E-state index contributed by atoms with van der Waals surface area (Å²) >= 11 is 3.43. The van der Waals surface area contributed by atoms with E-state index >= 15 is 0 Å². The predicted molar refractivity (Wildman–Crippen MR) is 78.9 cm³/mol. The summed E-state index contributed by atoms with van der Waals surface area (Å²) in [6.07, 6.45) is 0.635. The van der Waals surface area contributed by atoms with Crippen LogP contribution in [0.25, 0.3) is 0 Å². The predicted octanol–water partition coefficient (Wildman–Crippen LogP) is 3.77. The molecule has 0 saturated heterocycles. The van der Waals surface area contributed by atoms with Gasteiger partial charge in [-0.25, -0.2) is 0 Å². The Hall–Kier alpha value is -0.870. The molecule has 0 amide bonds. The van der Waals surface area contributed by atoms with E-state index in [9.17, 15) is 9.90 Å². The minimum Gasteiger partial charge on any atom is -0.466 e. The lowest BCUT2D eigenvalue weighted by atomic mass is 9.91. The molecule has 0 aliphatic carbocycles. The molecule has 4 heteroatoms. The van der Waals surface area contributed by atoms with Gasteiger partial charge < -0.3 is 9.84 Å². The maximum atomic E-state index is 11.9. The molecule has 0 bridgehead atoms. The van der Waals surface area contributed by atoms with Crippen LogP contribution in [0.5, 0.6) is 0 Å². The van der Waals surface area contributed by atoms with Gasteiger partial charge in [0.2, 0.25) is 0 Å². The van der Waals surface area contributed by atoms with Crippen LogP contribution in [0.4, 0.5) is 0 Å². The Morgan fingerprint density at radius 1 is 1.42 bits per heavy atom. The van der Waals surface area contributed by atoms with Crippen molar-refractivity contribution in [3.05, 3.63) is 33.8 Å². The van der Waals surface area contributed by atoms with Gasteiger partial charge >= 0.3 is 5.97 Å². The third-order valence-corrected chi connectivity index (χ3v) is 3.98. The van der Waals surface area contributed by atoms with Crippen LogP contribution in [0, 0.1) is 12.8 Å². The van der Waals surface area contributed by atoms with E-state index in [1.165, 1.54) is 0 Å². The van der Waals surface area contributed by atoms with Gasteiger partial charge in [-0.1, -0.05) is 41.4 Å². The highest BCUT2D eigenvalue weighted by Gasteiger charge is 2.28. The average Bonchev–Trinajstić information content (AvgIpc) is 2.38. The van der Waals surface area contributed by atoms with E-state index < -0.39 is 12.0 Å². The molecule has 1 rings (SSSR count). The molecule has 1 aromatic carbocycles. The number of carbonyl (C=O) groups is 1. The number of benzene rings is 1. The summed E-state index contributed by atoms with van der Waals surface area (Å²) < 4.78 is 6.04. The number of aryl methyl sites for hydroxylation is 1. The first kappa shape index (κ1) is 16.2. The average molecular weight is 329 g/mol. The Kier molecular flexibility index (Phi) is 6.52. The summed E-state index contributed by atoms with van der Waals surface area (Å²) in [7, 11) is 0. The minimum atomic E-state index is -0.814. The van der Waals surface area contributed by atoms with Crippen molar-refractivity contribution in [3.8, 4) is 0 Å². The molecule has 0 aromatic heterocycles. The molecule has 0 heterocycles. The number of rotatable bonds is 6. The van der Waals surface area contributed by atoms with Crippen molar-refractivity contribution in [1.82, 2.24) is 0 Å². The topological polar surface area (TPSA) is 46.5 Å². The quantitative estimate of drug-likeness (QED) is 0.808. The molecule has 0 saturated carbocycles. The van der Waals surface area contributed by atoms with Gasteiger partial charge in [0.1, 0.15) is 0 Å². The molecule has 1 aromatic rings. The molecule has 2 unspecified atom stereocenters. The van der Waals surface area contributed by atoms with E-state index in [0.29, 0.717) is 13.0 Å². The highest BCUT2D eigenvalue weighted by molar-refractivity contribution is 9.10. The summed E-state index contributed by atoms with van der Waals surface area (Å²) in [6, 6.07) is 5.63. The fraction of sp³-hybridized carbons (Fsp3) is 0.533. The van der Waals surface area contributed by atoms with Crippen LogP contribution in [-0.2, 0) is 9.53 Å². The lowest BCUT2D eigenvalue weighted by Gasteiger charge is -2.21. The smallest absolute Gasteiger partial charge is 0.311 e. The van der Waals surface area contributed by atoms with Crippen molar-refractivity contribution in [3.63, 3.8) is 0 Å². The van der Waals surface area contributed by atoms with Crippen LogP contribution >= 0.6 is 15.9 Å². The Morgan fingerprint density at radius 2 is 2.11 bits per heavy atom. The van der Waals surface area contributed by atoms with Crippen molar-refractivity contribution in [2.45, 2.75) is 39.7 Å².